The molecule has 0 fully saturated rings. The second kappa shape index (κ2) is 8.61. The highest BCUT2D eigenvalue weighted by molar-refractivity contribution is 6.04. The summed E-state index contributed by atoms with van der Waals surface area (Å²) in [4.78, 5) is 0. The molecule has 7 aromatic carbocycles. The lowest BCUT2D eigenvalue weighted by molar-refractivity contribution is 0.418. The van der Waals surface area contributed by atoms with Crippen LogP contribution in [0.3, 0.4) is 0 Å². The average molecular weight is 575 g/mol. The van der Waals surface area contributed by atoms with Crippen LogP contribution < -0.4 is 4.74 Å². The number of benzene rings is 7. The van der Waals surface area contributed by atoms with Crippen molar-refractivity contribution in [3.63, 3.8) is 0 Å². The van der Waals surface area contributed by atoms with Crippen LogP contribution in [-0.4, -0.2) is 0 Å². The summed E-state index contributed by atoms with van der Waals surface area (Å²) < 4.78 is 6.42. The first kappa shape index (κ1) is 25.0. The Balaban J connectivity index is 1.26. The van der Waals surface area contributed by atoms with Gasteiger partial charge in [0.15, 0.2) is 0 Å². The molecule has 1 heteroatoms. The van der Waals surface area contributed by atoms with Crippen LogP contribution in [0, 0.1) is 0 Å². The Labute approximate surface area is 263 Å². The second-order valence-electron chi connectivity index (χ2n) is 13.2. The summed E-state index contributed by atoms with van der Waals surface area (Å²) in [5, 5.41) is 2.60. The summed E-state index contributed by atoms with van der Waals surface area (Å²) in [5.74, 6) is 1.89. The molecule has 0 unspecified atom stereocenters. The van der Waals surface area contributed by atoms with Gasteiger partial charge in [0.2, 0.25) is 0 Å². The van der Waals surface area contributed by atoms with E-state index < -0.39 is 5.41 Å². The summed E-state index contributed by atoms with van der Waals surface area (Å²) in [7, 11) is 0. The molecule has 0 aromatic heterocycles. The van der Waals surface area contributed by atoms with Gasteiger partial charge in [-0.25, -0.2) is 0 Å². The van der Waals surface area contributed by atoms with Crippen LogP contribution in [0.1, 0.15) is 47.2 Å². The van der Waals surface area contributed by atoms with Crippen molar-refractivity contribution in [2.75, 3.05) is 0 Å². The first-order valence-corrected chi connectivity index (χ1v) is 15.9. The van der Waals surface area contributed by atoms with Crippen molar-refractivity contribution in [2.24, 2.45) is 0 Å². The van der Waals surface area contributed by atoms with E-state index in [1.54, 1.807) is 0 Å². The zero-order valence-corrected chi connectivity index (χ0v) is 25.3. The van der Waals surface area contributed by atoms with Gasteiger partial charge in [-0.1, -0.05) is 135 Å². The maximum atomic E-state index is 6.42. The fraction of sp³-hybridized carbons (Fsp3) is 0.0909. The van der Waals surface area contributed by atoms with Crippen LogP contribution in [0.5, 0.6) is 11.5 Å². The zero-order valence-electron chi connectivity index (χ0n) is 25.3. The Hall–Kier alpha value is -5.40. The van der Waals surface area contributed by atoms with E-state index in [1.807, 2.05) is 0 Å². The number of para-hydroxylation sites is 1. The van der Waals surface area contributed by atoms with Crippen molar-refractivity contribution in [1.82, 2.24) is 0 Å². The van der Waals surface area contributed by atoms with Gasteiger partial charge in [0.05, 0.1) is 5.41 Å². The van der Waals surface area contributed by atoms with Crippen molar-refractivity contribution < 1.29 is 4.74 Å². The van der Waals surface area contributed by atoms with Crippen LogP contribution in [-0.2, 0) is 10.8 Å². The molecule has 0 N–H and O–H groups in total. The van der Waals surface area contributed by atoms with Crippen molar-refractivity contribution in [3.05, 3.63) is 179 Å². The predicted octanol–water partition coefficient (Wildman–Crippen LogP) is 11.3. The lowest BCUT2D eigenvalue weighted by Crippen LogP contribution is -2.26. The third-order valence-corrected chi connectivity index (χ3v) is 10.7. The first-order valence-electron chi connectivity index (χ1n) is 15.9. The number of hydrogen-bond acceptors (Lipinski definition) is 1. The highest BCUT2D eigenvalue weighted by Crippen LogP contribution is 2.64. The van der Waals surface area contributed by atoms with E-state index in [-0.39, 0.29) is 5.41 Å². The molecular formula is C44H30O. The Morgan fingerprint density at radius 3 is 1.76 bits per heavy atom. The zero-order chi connectivity index (χ0) is 29.9. The van der Waals surface area contributed by atoms with Crippen LogP contribution >= 0.6 is 0 Å². The Bertz CT molecular complexity index is 2340. The molecule has 1 aliphatic heterocycles. The topological polar surface area (TPSA) is 9.23 Å². The minimum Gasteiger partial charge on any atom is -0.457 e. The van der Waals surface area contributed by atoms with Crippen LogP contribution in [0.4, 0.5) is 0 Å². The van der Waals surface area contributed by atoms with Crippen LogP contribution in [0.15, 0.2) is 146 Å². The molecule has 1 spiro atoms. The third-order valence-electron chi connectivity index (χ3n) is 10.7. The van der Waals surface area contributed by atoms with E-state index in [0.717, 1.165) is 11.5 Å². The first-order chi connectivity index (χ1) is 22.1. The van der Waals surface area contributed by atoms with E-state index in [0.29, 0.717) is 0 Å². The number of rotatable bonds is 1. The van der Waals surface area contributed by atoms with E-state index in [1.165, 1.54) is 77.5 Å². The molecular weight excluding hydrogens is 544 g/mol. The predicted molar refractivity (Wildman–Crippen MR) is 184 cm³/mol. The van der Waals surface area contributed by atoms with Gasteiger partial charge in [0.1, 0.15) is 11.5 Å². The molecule has 0 saturated heterocycles. The molecule has 10 rings (SSSR count). The monoisotopic (exact) mass is 574 g/mol. The summed E-state index contributed by atoms with van der Waals surface area (Å²) in [6.45, 7) is 4.62. The molecule has 0 atom stereocenters. The van der Waals surface area contributed by atoms with Gasteiger partial charge in [-0.05, 0) is 90.7 Å². The minimum atomic E-state index is -0.399. The van der Waals surface area contributed by atoms with E-state index in [9.17, 15) is 0 Å². The lowest BCUT2D eigenvalue weighted by atomic mass is 9.69. The van der Waals surface area contributed by atoms with Gasteiger partial charge in [-0.2, -0.15) is 0 Å². The van der Waals surface area contributed by atoms with Gasteiger partial charge >= 0.3 is 0 Å². The van der Waals surface area contributed by atoms with Gasteiger partial charge < -0.3 is 4.74 Å². The van der Waals surface area contributed by atoms with Crippen LogP contribution in [0.2, 0.25) is 0 Å². The summed E-state index contributed by atoms with van der Waals surface area (Å²) in [5.41, 5.74) is 15.1. The Morgan fingerprint density at radius 2 is 0.978 bits per heavy atom. The highest BCUT2D eigenvalue weighted by atomic mass is 16.5. The summed E-state index contributed by atoms with van der Waals surface area (Å²) in [6, 6.07) is 54.0. The van der Waals surface area contributed by atoms with Crippen LogP contribution in [0.25, 0.3) is 44.2 Å². The average Bonchev–Trinajstić information content (AvgIpc) is 3.55. The molecule has 7 aromatic rings. The second-order valence-corrected chi connectivity index (χ2v) is 13.2. The van der Waals surface area contributed by atoms with E-state index in [2.05, 4.69) is 159 Å². The summed E-state index contributed by atoms with van der Waals surface area (Å²) in [6.07, 6.45) is 0. The number of hydrogen-bond donors (Lipinski definition) is 0. The molecule has 1 nitrogen and oxygen atoms in total. The number of fused-ring (bicyclic) bond motifs is 14. The lowest BCUT2D eigenvalue weighted by Gasteiger charge is -2.35. The summed E-state index contributed by atoms with van der Waals surface area (Å²) >= 11 is 0. The Morgan fingerprint density at radius 1 is 0.422 bits per heavy atom. The molecule has 212 valence electrons. The highest BCUT2D eigenvalue weighted by Gasteiger charge is 2.52. The van der Waals surface area contributed by atoms with Crippen molar-refractivity contribution in [2.45, 2.75) is 24.7 Å². The van der Waals surface area contributed by atoms with E-state index >= 15 is 0 Å². The van der Waals surface area contributed by atoms with Gasteiger partial charge in [-0.3, -0.25) is 0 Å². The SMILES string of the molecule is CC1(C)c2ccccc2Oc2ccc(-c3ccc4c(c3)C3(c5ccccc5-c5ccccc53)c3c-4ccc4ccccc34)cc21. The molecule has 3 aliphatic rings. The van der Waals surface area contributed by atoms with Gasteiger partial charge in [-0.15, -0.1) is 0 Å². The van der Waals surface area contributed by atoms with Crippen molar-refractivity contribution >= 4 is 10.8 Å². The molecule has 0 radical (unpaired) electrons. The number of ether oxygens (including phenoxy) is 1. The molecule has 2 aliphatic carbocycles. The molecule has 0 saturated carbocycles. The molecule has 1 heterocycles. The minimum absolute atomic E-state index is 0.170. The Kier molecular flexibility index (Phi) is 4.78. The maximum Gasteiger partial charge on any atom is 0.131 e. The molecule has 0 amide bonds. The fourth-order valence-corrected chi connectivity index (χ4v) is 8.72. The van der Waals surface area contributed by atoms with E-state index in [4.69, 9.17) is 4.74 Å². The van der Waals surface area contributed by atoms with Gasteiger partial charge in [0, 0.05) is 16.5 Å². The quantitative estimate of drug-likeness (QED) is 0.189. The van der Waals surface area contributed by atoms with Crippen molar-refractivity contribution in [1.29, 1.82) is 0 Å². The smallest absolute Gasteiger partial charge is 0.131 e. The standard InChI is InChI=1S/C44H30O/c1-43(2)37-17-9-10-18-40(37)45-41-24-21-29(26-39(41)43)28-20-22-33-34-23-19-27-11-3-4-12-30(27)42(34)44(38(33)25-28)35-15-7-5-13-31(35)32-14-6-8-16-36(32)44/h3-26H,1-2H3. The maximum absolute atomic E-state index is 6.42. The van der Waals surface area contributed by atoms with Crippen molar-refractivity contribution in [3.8, 4) is 44.9 Å². The molecule has 0 bridgehead atoms. The third kappa shape index (κ3) is 3.08. The largest absolute Gasteiger partial charge is 0.457 e. The fourth-order valence-electron chi connectivity index (χ4n) is 8.72. The normalized spacial score (nSPS) is 15.4. The molecule has 45 heavy (non-hydrogen) atoms. The van der Waals surface area contributed by atoms with Gasteiger partial charge in [0.25, 0.3) is 0 Å².